The van der Waals surface area contributed by atoms with Crippen molar-refractivity contribution in [2.24, 2.45) is 11.5 Å². The van der Waals surface area contributed by atoms with Gasteiger partial charge < -0.3 is 33.9 Å². The standard InChI is InChI=1S/C10H18N2O.C8H7F3.C4H9NO.C4H10N.C2H5NO.K/c1-8-4-3-7-12(8)10(13)9-5-2-6-11-9;1-6-2-4-7(5-3-6)8(9,10)11;1-2-3-4(5)6;1-3-4(2)5;1-3-2-4;/h8-9,11H,2-7H2,1H3;2-5H,1H3;2-3H2,1H3,(H2,5,6);4H,2-3,5H2,1H3;2H,1H3,(H,3,4);/q;;;-1;;+1/t;;;4-;;/m...1../s1. The molecule has 2 unspecified atom stereocenters. The number of carbonyl (C=O) groups is 3. The largest absolute Gasteiger partial charge is 1.00 e. The van der Waals surface area contributed by atoms with E-state index < -0.39 is 11.7 Å². The number of alkyl halides is 3. The van der Waals surface area contributed by atoms with Gasteiger partial charge in [-0.2, -0.15) is 13.2 Å². The van der Waals surface area contributed by atoms with E-state index in [1.807, 2.05) is 18.7 Å². The van der Waals surface area contributed by atoms with Crippen molar-refractivity contribution >= 4 is 18.2 Å². The molecule has 226 valence electrons. The number of aryl methyl sites for hydroxylation is 1. The van der Waals surface area contributed by atoms with Gasteiger partial charge >= 0.3 is 57.6 Å². The van der Waals surface area contributed by atoms with E-state index in [4.69, 9.17) is 16.3 Å². The molecule has 0 bridgehead atoms. The average Bonchev–Trinajstić information content (AvgIpc) is 3.57. The molecule has 2 aliphatic rings. The van der Waals surface area contributed by atoms with Crippen molar-refractivity contribution in [2.45, 2.75) is 96.9 Å². The third-order valence-corrected chi connectivity index (χ3v) is 5.71. The molecule has 3 rings (SSSR count). The predicted molar refractivity (Wildman–Crippen MR) is 150 cm³/mol. The van der Waals surface area contributed by atoms with Crippen molar-refractivity contribution in [2.75, 3.05) is 20.1 Å². The number of likely N-dealkylation sites (tertiary alicyclic amines) is 1. The predicted octanol–water partition coefficient (Wildman–Crippen LogP) is 0.959. The number of hydrogen-bond donors (Lipinski definition) is 4. The Labute approximate surface area is 281 Å². The minimum Gasteiger partial charge on any atom is -0.370 e. The van der Waals surface area contributed by atoms with E-state index in [2.05, 4.69) is 24.5 Å². The van der Waals surface area contributed by atoms with Crippen molar-refractivity contribution in [3.8, 4) is 0 Å². The van der Waals surface area contributed by atoms with Crippen molar-refractivity contribution < 1.29 is 78.9 Å². The van der Waals surface area contributed by atoms with Gasteiger partial charge in [-0.25, -0.2) is 0 Å². The van der Waals surface area contributed by atoms with Crippen molar-refractivity contribution in [1.82, 2.24) is 15.5 Å². The van der Waals surface area contributed by atoms with Crippen LogP contribution < -0.4 is 73.5 Å². The Morgan fingerprint density at radius 3 is 2.00 bits per heavy atom. The molecule has 0 saturated carbocycles. The summed E-state index contributed by atoms with van der Waals surface area (Å²) in [5.74, 6) is 0.125. The average molecular weight is 600 g/mol. The third-order valence-electron chi connectivity index (χ3n) is 5.71. The van der Waals surface area contributed by atoms with Gasteiger partial charge in [0.15, 0.2) is 0 Å². The number of rotatable bonds is 5. The molecule has 2 saturated heterocycles. The molecule has 3 atom stereocenters. The minimum absolute atomic E-state index is 0. The van der Waals surface area contributed by atoms with E-state index in [-0.39, 0.29) is 69.4 Å². The Morgan fingerprint density at radius 2 is 1.73 bits per heavy atom. The molecular formula is C28H49F3KN5O3. The van der Waals surface area contributed by atoms with Crippen LogP contribution in [0.3, 0.4) is 0 Å². The summed E-state index contributed by atoms with van der Waals surface area (Å²) in [5.41, 5.74) is 10.2. The summed E-state index contributed by atoms with van der Waals surface area (Å²) in [6.07, 6.45) is 3.29. The first-order valence-corrected chi connectivity index (χ1v) is 13.4. The summed E-state index contributed by atoms with van der Waals surface area (Å²) in [4.78, 5) is 32.9. The van der Waals surface area contributed by atoms with Crippen LogP contribution in [-0.4, -0.2) is 61.4 Å². The Morgan fingerprint density at radius 1 is 1.20 bits per heavy atom. The maximum atomic E-state index is 11.9. The number of nitrogens with one attached hydrogen (secondary N) is 2. The third kappa shape index (κ3) is 22.6. The fraction of sp³-hybridized carbons (Fsp3) is 0.643. The zero-order valence-electron chi connectivity index (χ0n) is 25.2. The number of carbonyl (C=O) groups excluding carboxylic acids is 3. The second-order valence-corrected chi connectivity index (χ2v) is 9.33. The molecule has 0 radical (unpaired) electrons. The summed E-state index contributed by atoms with van der Waals surface area (Å²) >= 11 is 0. The Balaban J connectivity index is -0.000000460. The van der Waals surface area contributed by atoms with Crippen LogP contribution in [0.15, 0.2) is 24.3 Å². The molecule has 0 aromatic heterocycles. The number of primary amides is 1. The van der Waals surface area contributed by atoms with Crippen LogP contribution in [0, 0.1) is 13.8 Å². The fourth-order valence-corrected chi connectivity index (χ4v) is 3.35. The number of halogens is 3. The van der Waals surface area contributed by atoms with Gasteiger partial charge in [0.05, 0.1) is 11.6 Å². The Kier molecular flexibility index (Phi) is 27.9. The SMILES string of the molecule is CC1CCCN1C(=O)C1CCCN1.CCCC(N)=O.CNC=O.Cc1ccc(C(F)(F)F)cc1.[CH2-][C@@H](N)CC.[K+]. The summed E-state index contributed by atoms with van der Waals surface area (Å²) in [6, 6.07) is 5.78. The first kappa shape index (κ1) is 43.4. The number of amides is 3. The van der Waals surface area contributed by atoms with Crippen LogP contribution in [0.1, 0.15) is 76.8 Å². The van der Waals surface area contributed by atoms with E-state index in [1.165, 1.54) is 25.0 Å². The smallest absolute Gasteiger partial charge is 0.370 e. The molecule has 3 amide bonds. The summed E-state index contributed by atoms with van der Waals surface area (Å²) in [5, 5.41) is 5.51. The number of nitrogens with two attached hydrogens (primary N) is 2. The number of benzene rings is 1. The maximum Gasteiger partial charge on any atom is 1.00 e. The molecule has 1 aromatic rings. The van der Waals surface area contributed by atoms with Gasteiger partial charge in [-0.15, -0.1) is 6.04 Å². The van der Waals surface area contributed by atoms with Crippen LogP contribution in [0.5, 0.6) is 0 Å². The normalized spacial score (nSPS) is 17.9. The first-order valence-electron chi connectivity index (χ1n) is 13.4. The van der Waals surface area contributed by atoms with Crippen LogP contribution in [0.25, 0.3) is 0 Å². The molecule has 2 fully saturated rings. The topological polar surface area (TPSA) is 131 Å². The summed E-state index contributed by atoms with van der Waals surface area (Å²) < 4.78 is 35.8. The van der Waals surface area contributed by atoms with E-state index in [9.17, 15) is 22.8 Å². The van der Waals surface area contributed by atoms with Crippen LogP contribution >= 0.6 is 0 Å². The maximum absolute atomic E-state index is 11.9. The summed E-state index contributed by atoms with van der Waals surface area (Å²) in [6.45, 7) is 13.4. The van der Waals surface area contributed by atoms with Crippen LogP contribution in [0.2, 0.25) is 0 Å². The number of nitrogens with zero attached hydrogens (tertiary/aromatic N) is 1. The molecular weight excluding hydrogens is 550 g/mol. The molecule has 12 heteroatoms. The molecule has 8 nitrogen and oxygen atoms in total. The zero-order chi connectivity index (χ0) is 30.4. The van der Waals surface area contributed by atoms with Gasteiger partial charge in [0.1, 0.15) is 0 Å². The van der Waals surface area contributed by atoms with E-state index in [0.717, 1.165) is 56.5 Å². The fourth-order valence-electron chi connectivity index (χ4n) is 3.35. The van der Waals surface area contributed by atoms with Crippen LogP contribution in [0.4, 0.5) is 13.2 Å². The quantitative estimate of drug-likeness (QED) is 0.228. The second kappa shape index (κ2) is 25.7. The van der Waals surface area contributed by atoms with E-state index in [1.54, 1.807) is 14.0 Å². The molecule has 0 spiro atoms. The van der Waals surface area contributed by atoms with Crippen molar-refractivity contribution in [3.05, 3.63) is 42.3 Å². The Hall–Kier alpha value is -1.02. The monoisotopic (exact) mass is 599 g/mol. The molecule has 2 heterocycles. The zero-order valence-corrected chi connectivity index (χ0v) is 28.3. The molecule has 40 heavy (non-hydrogen) atoms. The van der Waals surface area contributed by atoms with Gasteiger partial charge in [-0.3, -0.25) is 14.4 Å². The van der Waals surface area contributed by atoms with Crippen LogP contribution in [-0.2, 0) is 20.6 Å². The van der Waals surface area contributed by atoms with E-state index >= 15 is 0 Å². The van der Waals surface area contributed by atoms with Gasteiger partial charge in [-0.05, 0) is 64.6 Å². The van der Waals surface area contributed by atoms with Gasteiger partial charge in [-0.1, -0.05) is 38.0 Å². The van der Waals surface area contributed by atoms with E-state index in [0.29, 0.717) is 24.8 Å². The Bertz CT molecular complexity index is 790. The number of hydrogen-bond acceptors (Lipinski definition) is 5. The minimum atomic E-state index is -4.21. The molecule has 0 aliphatic carbocycles. The molecule has 2 aliphatic heterocycles. The van der Waals surface area contributed by atoms with Gasteiger partial charge in [0.25, 0.3) is 0 Å². The second-order valence-electron chi connectivity index (χ2n) is 9.33. The molecule has 6 N–H and O–H groups in total. The first-order chi connectivity index (χ1) is 18.2. The molecule has 1 aromatic carbocycles. The van der Waals surface area contributed by atoms with Crippen molar-refractivity contribution in [3.63, 3.8) is 0 Å². The van der Waals surface area contributed by atoms with Gasteiger partial charge in [0.2, 0.25) is 18.2 Å². The van der Waals surface area contributed by atoms with Gasteiger partial charge in [0, 0.05) is 26.1 Å². The van der Waals surface area contributed by atoms with Crippen molar-refractivity contribution in [1.29, 1.82) is 0 Å². The summed E-state index contributed by atoms with van der Waals surface area (Å²) in [7, 11) is 1.56.